The first-order valence-electron chi connectivity index (χ1n) is 7.23. The van der Waals surface area contributed by atoms with Gasteiger partial charge in [-0.05, 0) is 58.7 Å². The van der Waals surface area contributed by atoms with Crippen LogP contribution < -0.4 is 5.32 Å². The zero-order chi connectivity index (χ0) is 12.3. The van der Waals surface area contributed by atoms with E-state index in [-0.39, 0.29) is 0 Å². The molecule has 0 aromatic heterocycles. The third-order valence-corrected chi connectivity index (χ3v) is 4.06. The van der Waals surface area contributed by atoms with Crippen LogP contribution >= 0.6 is 0 Å². The minimum atomic E-state index is 0.859. The molecule has 0 unspecified atom stereocenters. The number of nitrogens with zero attached hydrogens (tertiary/aromatic N) is 2. The summed E-state index contributed by atoms with van der Waals surface area (Å²) in [5.74, 6) is 2.05. The van der Waals surface area contributed by atoms with Gasteiger partial charge in [0.05, 0.1) is 0 Å². The lowest BCUT2D eigenvalue weighted by atomic mass is 10.1. The molecule has 0 bridgehead atoms. The van der Waals surface area contributed by atoms with E-state index >= 15 is 0 Å². The Morgan fingerprint density at radius 2 is 1.53 bits per heavy atom. The Bertz CT molecular complexity index is 210. The van der Waals surface area contributed by atoms with Gasteiger partial charge in [-0.1, -0.05) is 0 Å². The third-order valence-electron chi connectivity index (χ3n) is 4.06. The molecule has 2 aliphatic rings. The molecule has 3 heteroatoms. The Labute approximate surface area is 107 Å². The second-order valence-electron chi connectivity index (χ2n) is 6.26. The van der Waals surface area contributed by atoms with E-state index in [0.717, 1.165) is 24.4 Å². The van der Waals surface area contributed by atoms with Crippen LogP contribution in [0.25, 0.3) is 0 Å². The zero-order valence-electron chi connectivity index (χ0n) is 11.8. The molecular formula is C14H29N3. The lowest BCUT2D eigenvalue weighted by Crippen LogP contribution is -2.39. The summed E-state index contributed by atoms with van der Waals surface area (Å²) in [6, 6.07) is 0.859. The van der Waals surface area contributed by atoms with Crippen molar-refractivity contribution in [2.24, 2.45) is 11.8 Å². The predicted molar refractivity (Wildman–Crippen MR) is 73.3 cm³/mol. The van der Waals surface area contributed by atoms with Gasteiger partial charge in [0.15, 0.2) is 0 Å². The molecule has 1 N–H and O–H groups in total. The van der Waals surface area contributed by atoms with Gasteiger partial charge in [0.1, 0.15) is 0 Å². The molecule has 0 spiro atoms. The first kappa shape index (κ1) is 13.3. The van der Waals surface area contributed by atoms with Crippen LogP contribution in [-0.4, -0.2) is 63.2 Å². The summed E-state index contributed by atoms with van der Waals surface area (Å²) in [5, 5.41) is 3.81. The topological polar surface area (TPSA) is 18.5 Å². The molecule has 0 heterocycles. The van der Waals surface area contributed by atoms with Gasteiger partial charge in [0.25, 0.3) is 0 Å². The molecule has 2 fully saturated rings. The Morgan fingerprint density at radius 1 is 0.941 bits per heavy atom. The Hall–Kier alpha value is -0.120. The fourth-order valence-corrected chi connectivity index (χ4v) is 2.53. The molecule has 0 aromatic carbocycles. The van der Waals surface area contributed by atoms with E-state index in [0.29, 0.717) is 0 Å². The molecule has 0 saturated heterocycles. The molecule has 17 heavy (non-hydrogen) atoms. The maximum atomic E-state index is 3.81. The van der Waals surface area contributed by atoms with Crippen molar-refractivity contribution >= 4 is 0 Å². The van der Waals surface area contributed by atoms with Crippen LogP contribution in [0.5, 0.6) is 0 Å². The van der Waals surface area contributed by atoms with Crippen molar-refractivity contribution in [3.8, 4) is 0 Å². The minimum Gasteiger partial charge on any atom is -0.312 e. The van der Waals surface area contributed by atoms with E-state index in [4.69, 9.17) is 0 Å². The molecule has 2 aliphatic carbocycles. The van der Waals surface area contributed by atoms with E-state index in [1.807, 2.05) is 0 Å². The molecule has 2 rings (SSSR count). The van der Waals surface area contributed by atoms with Gasteiger partial charge in [-0.2, -0.15) is 0 Å². The van der Waals surface area contributed by atoms with Crippen LogP contribution in [-0.2, 0) is 0 Å². The number of rotatable bonds is 9. The largest absolute Gasteiger partial charge is 0.312 e. The highest BCUT2D eigenvalue weighted by molar-refractivity contribution is 4.96. The van der Waals surface area contributed by atoms with Gasteiger partial charge in [0, 0.05) is 32.2 Å². The van der Waals surface area contributed by atoms with Crippen molar-refractivity contribution in [1.82, 2.24) is 15.1 Å². The van der Waals surface area contributed by atoms with Gasteiger partial charge < -0.3 is 15.1 Å². The van der Waals surface area contributed by atoms with Crippen molar-refractivity contribution in [3.05, 3.63) is 0 Å². The maximum Gasteiger partial charge on any atom is 0.0124 e. The standard InChI is InChI=1S/C14H29N3/c1-16(2)10-11-17(3)9-8-15-14(12-4-5-12)13-6-7-13/h12-15H,4-11H2,1-3H3. The van der Waals surface area contributed by atoms with Crippen LogP contribution in [0, 0.1) is 11.8 Å². The van der Waals surface area contributed by atoms with E-state index in [1.165, 1.54) is 45.3 Å². The molecular weight excluding hydrogens is 210 g/mol. The quantitative estimate of drug-likeness (QED) is 0.653. The van der Waals surface area contributed by atoms with E-state index in [2.05, 4.69) is 36.3 Å². The Kier molecular flexibility index (Phi) is 4.83. The summed E-state index contributed by atoms with van der Waals surface area (Å²) < 4.78 is 0. The molecule has 0 amide bonds. The van der Waals surface area contributed by atoms with E-state index in [1.54, 1.807) is 0 Å². The fraction of sp³-hybridized carbons (Fsp3) is 1.00. The zero-order valence-corrected chi connectivity index (χ0v) is 11.8. The highest BCUT2D eigenvalue weighted by atomic mass is 15.2. The van der Waals surface area contributed by atoms with Crippen molar-refractivity contribution in [1.29, 1.82) is 0 Å². The highest BCUT2D eigenvalue weighted by Crippen LogP contribution is 2.44. The van der Waals surface area contributed by atoms with Crippen molar-refractivity contribution in [2.45, 2.75) is 31.7 Å². The molecule has 0 aromatic rings. The maximum absolute atomic E-state index is 3.81. The molecule has 0 radical (unpaired) electrons. The number of hydrogen-bond acceptors (Lipinski definition) is 3. The summed E-state index contributed by atoms with van der Waals surface area (Å²) in [6.45, 7) is 4.68. The Balaban J connectivity index is 1.54. The summed E-state index contributed by atoms with van der Waals surface area (Å²) in [7, 11) is 6.51. The van der Waals surface area contributed by atoms with Crippen LogP contribution in [0.3, 0.4) is 0 Å². The van der Waals surface area contributed by atoms with Gasteiger partial charge >= 0.3 is 0 Å². The van der Waals surface area contributed by atoms with Crippen LogP contribution in [0.1, 0.15) is 25.7 Å². The number of nitrogens with one attached hydrogen (secondary N) is 1. The van der Waals surface area contributed by atoms with E-state index in [9.17, 15) is 0 Å². The average Bonchev–Trinajstić information content (AvgIpc) is 3.14. The summed E-state index contributed by atoms with van der Waals surface area (Å²) >= 11 is 0. The second kappa shape index (κ2) is 6.17. The lowest BCUT2D eigenvalue weighted by Gasteiger charge is -2.22. The predicted octanol–water partition coefficient (Wildman–Crippen LogP) is 1.26. The first-order valence-corrected chi connectivity index (χ1v) is 7.23. The monoisotopic (exact) mass is 239 g/mol. The molecule has 0 atom stereocenters. The normalized spacial score (nSPS) is 20.8. The van der Waals surface area contributed by atoms with Crippen LogP contribution in [0.15, 0.2) is 0 Å². The summed E-state index contributed by atoms with van der Waals surface area (Å²) in [5.41, 5.74) is 0. The summed E-state index contributed by atoms with van der Waals surface area (Å²) in [4.78, 5) is 4.69. The fourth-order valence-electron chi connectivity index (χ4n) is 2.53. The second-order valence-corrected chi connectivity index (χ2v) is 6.26. The van der Waals surface area contributed by atoms with Crippen LogP contribution in [0.2, 0.25) is 0 Å². The first-order chi connectivity index (χ1) is 8.16. The minimum absolute atomic E-state index is 0.859. The average molecular weight is 239 g/mol. The highest BCUT2D eigenvalue weighted by Gasteiger charge is 2.40. The van der Waals surface area contributed by atoms with Gasteiger partial charge in [-0.15, -0.1) is 0 Å². The Morgan fingerprint density at radius 3 is 2.00 bits per heavy atom. The third kappa shape index (κ3) is 4.94. The molecule has 2 saturated carbocycles. The SMILES string of the molecule is CN(C)CCN(C)CCNC(C1CC1)C1CC1. The van der Waals surface area contributed by atoms with Gasteiger partial charge in [0.2, 0.25) is 0 Å². The lowest BCUT2D eigenvalue weighted by molar-refractivity contribution is 0.273. The number of hydrogen-bond donors (Lipinski definition) is 1. The molecule has 3 nitrogen and oxygen atoms in total. The van der Waals surface area contributed by atoms with Crippen molar-refractivity contribution in [3.63, 3.8) is 0 Å². The summed E-state index contributed by atoms with van der Waals surface area (Å²) in [6.07, 6.45) is 5.91. The number of likely N-dealkylation sites (N-methyl/N-ethyl adjacent to an activating group) is 2. The van der Waals surface area contributed by atoms with Crippen molar-refractivity contribution in [2.75, 3.05) is 47.3 Å². The van der Waals surface area contributed by atoms with Crippen LogP contribution in [0.4, 0.5) is 0 Å². The molecule has 0 aliphatic heterocycles. The molecule has 100 valence electrons. The smallest absolute Gasteiger partial charge is 0.0124 e. The van der Waals surface area contributed by atoms with E-state index < -0.39 is 0 Å². The van der Waals surface area contributed by atoms with Gasteiger partial charge in [-0.3, -0.25) is 0 Å². The van der Waals surface area contributed by atoms with Gasteiger partial charge in [-0.25, -0.2) is 0 Å². The van der Waals surface area contributed by atoms with Crippen molar-refractivity contribution < 1.29 is 0 Å².